The van der Waals surface area contributed by atoms with E-state index in [0.29, 0.717) is 5.41 Å². The number of piperidine rings is 1. The van der Waals surface area contributed by atoms with Crippen LogP contribution in [0.5, 0.6) is 0 Å². The van der Waals surface area contributed by atoms with Gasteiger partial charge in [-0.25, -0.2) is 0 Å². The Morgan fingerprint density at radius 2 is 1.94 bits per heavy atom. The molecular weight excluding hydrogens is 196 g/mol. The summed E-state index contributed by atoms with van der Waals surface area (Å²) in [7, 11) is 0. The summed E-state index contributed by atoms with van der Waals surface area (Å²) in [6.07, 6.45) is 3.83. The fourth-order valence-electron chi connectivity index (χ4n) is 3.56. The maximum atomic E-state index is 4.20. The van der Waals surface area contributed by atoms with E-state index in [1.165, 1.54) is 18.8 Å². The van der Waals surface area contributed by atoms with Gasteiger partial charge in [-0.3, -0.25) is 4.98 Å². The third-order valence-electron chi connectivity index (χ3n) is 4.21. The molecule has 1 saturated heterocycles. The first-order chi connectivity index (χ1) is 7.57. The van der Waals surface area contributed by atoms with E-state index >= 15 is 0 Å². The highest BCUT2D eigenvalue weighted by molar-refractivity contribution is 5.46. The minimum Gasteiger partial charge on any atom is -0.370 e. The second-order valence-electron chi connectivity index (χ2n) is 6.34. The summed E-state index contributed by atoms with van der Waals surface area (Å²) in [6.45, 7) is 9.61. The standard InChI is InChI=1S/C14H20N2/c1-14(2,3)13-11-8-16(9-12(11)13)10-5-4-6-15-7-10/h4-7,11-13H,8-9H2,1-3H3. The van der Waals surface area contributed by atoms with Crippen LogP contribution in [0.1, 0.15) is 20.8 Å². The molecule has 1 aliphatic heterocycles. The normalized spacial score (nSPS) is 32.7. The number of fused-ring (bicyclic) bond motifs is 1. The van der Waals surface area contributed by atoms with Gasteiger partial charge >= 0.3 is 0 Å². The number of aromatic nitrogens is 1. The van der Waals surface area contributed by atoms with Gasteiger partial charge in [-0.05, 0) is 35.3 Å². The molecule has 0 aromatic carbocycles. The zero-order chi connectivity index (χ0) is 11.3. The lowest BCUT2D eigenvalue weighted by Gasteiger charge is -2.26. The van der Waals surface area contributed by atoms with E-state index in [1.807, 2.05) is 18.5 Å². The van der Waals surface area contributed by atoms with Crippen molar-refractivity contribution in [3.8, 4) is 0 Å². The van der Waals surface area contributed by atoms with Crippen LogP contribution < -0.4 is 4.90 Å². The van der Waals surface area contributed by atoms with Crippen molar-refractivity contribution in [2.24, 2.45) is 23.2 Å². The second kappa shape index (κ2) is 3.22. The van der Waals surface area contributed by atoms with Crippen LogP contribution in [0, 0.1) is 23.2 Å². The number of anilines is 1. The summed E-state index contributed by atoms with van der Waals surface area (Å²) in [4.78, 5) is 6.69. The third kappa shape index (κ3) is 1.51. The Balaban J connectivity index is 1.68. The van der Waals surface area contributed by atoms with E-state index in [2.05, 4.69) is 36.7 Å². The second-order valence-corrected chi connectivity index (χ2v) is 6.34. The maximum absolute atomic E-state index is 4.20. The van der Waals surface area contributed by atoms with Gasteiger partial charge in [0.1, 0.15) is 0 Å². The Morgan fingerprint density at radius 3 is 2.44 bits per heavy atom. The van der Waals surface area contributed by atoms with Gasteiger partial charge in [0.05, 0.1) is 11.9 Å². The molecule has 86 valence electrons. The number of pyridine rings is 1. The molecule has 16 heavy (non-hydrogen) atoms. The number of hydrogen-bond donors (Lipinski definition) is 0. The summed E-state index contributed by atoms with van der Waals surface area (Å²) in [6, 6.07) is 4.20. The zero-order valence-electron chi connectivity index (χ0n) is 10.4. The average molecular weight is 216 g/mol. The molecule has 0 radical (unpaired) electrons. The highest BCUT2D eigenvalue weighted by Crippen LogP contribution is 2.60. The molecule has 1 aromatic heterocycles. The van der Waals surface area contributed by atoms with Crippen molar-refractivity contribution in [3.63, 3.8) is 0 Å². The van der Waals surface area contributed by atoms with E-state index in [-0.39, 0.29) is 0 Å². The first-order valence-electron chi connectivity index (χ1n) is 6.22. The predicted molar refractivity (Wildman–Crippen MR) is 66.4 cm³/mol. The Bertz CT molecular complexity index is 367. The van der Waals surface area contributed by atoms with E-state index in [4.69, 9.17) is 0 Å². The first kappa shape index (κ1) is 10.1. The highest BCUT2D eigenvalue weighted by atomic mass is 15.2. The van der Waals surface area contributed by atoms with E-state index < -0.39 is 0 Å². The number of nitrogens with zero attached hydrogens (tertiary/aromatic N) is 2. The molecule has 3 rings (SSSR count). The Hall–Kier alpha value is -1.05. The Labute approximate surface area is 97.7 Å². The molecule has 1 aliphatic carbocycles. The van der Waals surface area contributed by atoms with Gasteiger partial charge in [0.2, 0.25) is 0 Å². The van der Waals surface area contributed by atoms with Gasteiger partial charge in [0, 0.05) is 19.3 Å². The lowest BCUT2D eigenvalue weighted by Crippen LogP contribution is -2.27. The lowest BCUT2D eigenvalue weighted by atomic mass is 9.87. The monoisotopic (exact) mass is 216 g/mol. The van der Waals surface area contributed by atoms with Crippen LogP contribution >= 0.6 is 0 Å². The molecule has 2 nitrogen and oxygen atoms in total. The van der Waals surface area contributed by atoms with Crippen LogP contribution in [0.2, 0.25) is 0 Å². The molecule has 0 bridgehead atoms. The lowest BCUT2D eigenvalue weighted by molar-refractivity contribution is 0.309. The van der Waals surface area contributed by atoms with Crippen LogP contribution in [0.3, 0.4) is 0 Å². The third-order valence-corrected chi connectivity index (χ3v) is 4.21. The van der Waals surface area contributed by atoms with E-state index in [9.17, 15) is 0 Å². The maximum Gasteiger partial charge on any atom is 0.0552 e. The molecule has 2 atom stereocenters. The molecule has 0 spiro atoms. The van der Waals surface area contributed by atoms with Crippen LogP contribution in [0.25, 0.3) is 0 Å². The van der Waals surface area contributed by atoms with Gasteiger partial charge in [-0.15, -0.1) is 0 Å². The Morgan fingerprint density at radius 1 is 1.25 bits per heavy atom. The molecule has 2 fully saturated rings. The fraction of sp³-hybridized carbons (Fsp3) is 0.643. The van der Waals surface area contributed by atoms with Crippen molar-refractivity contribution in [1.29, 1.82) is 0 Å². The molecule has 2 unspecified atom stereocenters. The van der Waals surface area contributed by atoms with Gasteiger partial charge < -0.3 is 4.90 Å². The largest absolute Gasteiger partial charge is 0.370 e. The zero-order valence-corrected chi connectivity index (χ0v) is 10.4. The van der Waals surface area contributed by atoms with Crippen molar-refractivity contribution in [2.75, 3.05) is 18.0 Å². The van der Waals surface area contributed by atoms with Crippen molar-refractivity contribution >= 4 is 5.69 Å². The summed E-state index contributed by atoms with van der Waals surface area (Å²) < 4.78 is 0. The van der Waals surface area contributed by atoms with Crippen LogP contribution in [0.15, 0.2) is 24.5 Å². The van der Waals surface area contributed by atoms with Crippen molar-refractivity contribution in [2.45, 2.75) is 20.8 Å². The smallest absolute Gasteiger partial charge is 0.0552 e. The Kier molecular flexibility index (Phi) is 2.04. The molecule has 1 saturated carbocycles. The topological polar surface area (TPSA) is 16.1 Å². The quantitative estimate of drug-likeness (QED) is 0.717. The minimum atomic E-state index is 0.496. The van der Waals surface area contributed by atoms with Gasteiger partial charge in [0.15, 0.2) is 0 Å². The summed E-state index contributed by atoms with van der Waals surface area (Å²) in [5.74, 6) is 2.81. The average Bonchev–Trinajstić information content (AvgIpc) is 2.78. The fourth-order valence-corrected chi connectivity index (χ4v) is 3.56. The molecule has 2 aliphatic rings. The summed E-state index contributed by atoms with van der Waals surface area (Å²) in [5, 5.41) is 0. The van der Waals surface area contributed by atoms with Crippen molar-refractivity contribution in [3.05, 3.63) is 24.5 Å². The van der Waals surface area contributed by atoms with E-state index in [0.717, 1.165) is 17.8 Å². The molecule has 2 heterocycles. The van der Waals surface area contributed by atoms with E-state index in [1.54, 1.807) is 0 Å². The van der Waals surface area contributed by atoms with Crippen LogP contribution in [-0.2, 0) is 0 Å². The minimum absolute atomic E-state index is 0.496. The van der Waals surface area contributed by atoms with Crippen LogP contribution in [-0.4, -0.2) is 18.1 Å². The van der Waals surface area contributed by atoms with Gasteiger partial charge in [0.25, 0.3) is 0 Å². The molecule has 0 N–H and O–H groups in total. The van der Waals surface area contributed by atoms with Gasteiger partial charge in [-0.2, -0.15) is 0 Å². The molecular formula is C14H20N2. The summed E-state index contributed by atoms with van der Waals surface area (Å²) >= 11 is 0. The van der Waals surface area contributed by atoms with Crippen molar-refractivity contribution < 1.29 is 0 Å². The first-order valence-corrected chi connectivity index (χ1v) is 6.22. The van der Waals surface area contributed by atoms with Gasteiger partial charge in [-0.1, -0.05) is 20.8 Å². The molecule has 1 aromatic rings. The molecule has 0 amide bonds. The van der Waals surface area contributed by atoms with Crippen LogP contribution in [0.4, 0.5) is 5.69 Å². The number of rotatable bonds is 1. The molecule has 2 heteroatoms. The predicted octanol–water partition coefficient (Wildman–Crippen LogP) is 2.81. The highest BCUT2D eigenvalue weighted by Gasteiger charge is 2.59. The summed E-state index contributed by atoms with van der Waals surface area (Å²) in [5.41, 5.74) is 1.79. The number of hydrogen-bond acceptors (Lipinski definition) is 2. The SMILES string of the molecule is CC(C)(C)C1C2CN(c3cccnc3)CC21. The van der Waals surface area contributed by atoms with Crippen molar-refractivity contribution in [1.82, 2.24) is 4.98 Å².